The average molecular weight is 246 g/mol. The van der Waals surface area contributed by atoms with E-state index in [1.54, 1.807) is 6.07 Å². The van der Waals surface area contributed by atoms with Crippen LogP contribution >= 0.6 is 15.9 Å². The van der Waals surface area contributed by atoms with Crippen molar-refractivity contribution in [3.63, 3.8) is 0 Å². The van der Waals surface area contributed by atoms with Crippen LogP contribution in [0.1, 0.15) is 10.4 Å². The van der Waals surface area contributed by atoms with Gasteiger partial charge >= 0.3 is 5.97 Å². The molecule has 0 atom stereocenters. The van der Waals surface area contributed by atoms with Crippen LogP contribution in [0.2, 0.25) is 0 Å². The van der Waals surface area contributed by atoms with Crippen molar-refractivity contribution in [1.82, 2.24) is 4.98 Å². The standard InChI is InChI=1S/C8H8BrNO3/c1-12-7-4-5(8(11)13-2)3-6(9)10-7/h3-4H,1-2H3. The minimum Gasteiger partial charge on any atom is -0.481 e. The van der Waals surface area contributed by atoms with Crippen molar-refractivity contribution in [2.75, 3.05) is 14.2 Å². The molecule has 1 rings (SSSR count). The maximum Gasteiger partial charge on any atom is 0.338 e. The van der Waals surface area contributed by atoms with Crippen LogP contribution in [0.4, 0.5) is 0 Å². The molecule has 0 unspecified atom stereocenters. The van der Waals surface area contributed by atoms with Gasteiger partial charge in [0, 0.05) is 6.07 Å². The summed E-state index contributed by atoms with van der Waals surface area (Å²) in [4.78, 5) is 15.1. The molecular formula is C8H8BrNO3. The highest BCUT2D eigenvalue weighted by molar-refractivity contribution is 9.10. The molecule has 0 spiro atoms. The number of methoxy groups -OCH3 is 2. The molecule has 0 fully saturated rings. The van der Waals surface area contributed by atoms with E-state index in [9.17, 15) is 4.79 Å². The number of ether oxygens (including phenoxy) is 2. The van der Waals surface area contributed by atoms with Crippen LogP contribution in [0, 0.1) is 0 Å². The summed E-state index contributed by atoms with van der Waals surface area (Å²) in [5, 5.41) is 0. The van der Waals surface area contributed by atoms with Gasteiger partial charge in [0.2, 0.25) is 5.88 Å². The van der Waals surface area contributed by atoms with Gasteiger partial charge in [-0.2, -0.15) is 0 Å². The van der Waals surface area contributed by atoms with E-state index in [1.165, 1.54) is 20.3 Å². The van der Waals surface area contributed by atoms with Gasteiger partial charge in [0.1, 0.15) is 4.60 Å². The highest BCUT2D eigenvalue weighted by Crippen LogP contribution is 2.16. The second kappa shape index (κ2) is 4.23. The van der Waals surface area contributed by atoms with Crippen LogP contribution < -0.4 is 4.74 Å². The monoisotopic (exact) mass is 245 g/mol. The fraction of sp³-hybridized carbons (Fsp3) is 0.250. The summed E-state index contributed by atoms with van der Waals surface area (Å²) in [6.07, 6.45) is 0. The van der Waals surface area contributed by atoms with Crippen molar-refractivity contribution < 1.29 is 14.3 Å². The Kier molecular flexibility index (Phi) is 3.25. The molecule has 0 radical (unpaired) electrons. The molecule has 13 heavy (non-hydrogen) atoms. The highest BCUT2D eigenvalue weighted by Gasteiger charge is 2.08. The van der Waals surface area contributed by atoms with Crippen LogP contribution in [0.3, 0.4) is 0 Å². The van der Waals surface area contributed by atoms with E-state index in [0.717, 1.165) is 0 Å². The third-order valence-corrected chi connectivity index (χ3v) is 1.81. The molecule has 0 aliphatic rings. The largest absolute Gasteiger partial charge is 0.481 e. The van der Waals surface area contributed by atoms with Crippen molar-refractivity contribution in [2.24, 2.45) is 0 Å². The minimum absolute atomic E-state index is 0.370. The second-order valence-corrected chi connectivity index (χ2v) is 3.02. The first kappa shape index (κ1) is 9.98. The topological polar surface area (TPSA) is 48.4 Å². The Labute approximate surface area is 84.0 Å². The fourth-order valence-corrected chi connectivity index (χ4v) is 1.23. The van der Waals surface area contributed by atoms with Crippen molar-refractivity contribution in [2.45, 2.75) is 0 Å². The van der Waals surface area contributed by atoms with Gasteiger partial charge < -0.3 is 9.47 Å². The molecular weight excluding hydrogens is 238 g/mol. The molecule has 70 valence electrons. The normalized spacial score (nSPS) is 9.46. The fourth-order valence-electron chi connectivity index (χ4n) is 0.813. The Hall–Kier alpha value is -1.10. The van der Waals surface area contributed by atoms with Crippen LogP contribution in [-0.4, -0.2) is 25.2 Å². The van der Waals surface area contributed by atoms with Crippen LogP contribution in [-0.2, 0) is 4.74 Å². The molecule has 0 aromatic carbocycles. The molecule has 1 heterocycles. The SMILES string of the molecule is COC(=O)c1cc(Br)nc(OC)c1. The number of aromatic nitrogens is 1. The number of esters is 1. The Bertz CT molecular complexity index is 327. The molecule has 0 saturated heterocycles. The third-order valence-electron chi connectivity index (χ3n) is 1.40. The third kappa shape index (κ3) is 2.42. The van der Waals surface area contributed by atoms with E-state index in [2.05, 4.69) is 25.7 Å². The van der Waals surface area contributed by atoms with E-state index in [-0.39, 0.29) is 0 Å². The van der Waals surface area contributed by atoms with E-state index in [1.807, 2.05) is 0 Å². The van der Waals surface area contributed by atoms with Crippen molar-refractivity contribution in [3.8, 4) is 5.88 Å². The van der Waals surface area contributed by atoms with Crippen molar-refractivity contribution in [1.29, 1.82) is 0 Å². The summed E-state index contributed by atoms with van der Waals surface area (Å²) in [5.74, 6) is -0.0452. The average Bonchev–Trinajstić information content (AvgIpc) is 2.15. The molecule has 1 aromatic rings. The molecule has 5 heteroatoms. The minimum atomic E-state index is -0.415. The molecule has 1 aromatic heterocycles. The van der Waals surface area contributed by atoms with Gasteiger partial charge in [-0.1, -0.05) is 0 Å². The molecule has 0 amide bonds. The molecule has 0 N–H and O–H groups in total. The molecule has 4 nitrogen and oxygen atoms in total. The number of rotatable bonds is 2. The molecule has 0 bridgehead atoms. The van der Waals surface area contributed by atoms with Crippen molar-refractivity contribution in [3.05, 3.63) is 22.3 Å². The van der Waals surface area contributed by atoms with E-state index >= 15 is 0 Å². The lowest BCUT2D eigenvalue weighted by atomic mass is 10.3. The van der Waals surface area contributed by atoms with Gasteiger partial charge in [-0.05, 0) is 22.0 Å². The number of halogens is 1. The Morgan fingerprint density at radius 1 is 1.46 bits per heavy atom. The summed E-state index contributed by atoms with van der Waals surface area (Å²) in [7, 11) is 2.80. The first-order chi connectivity index (χ1) is 6.17. The smallest absolute Gasteiger partial charge is 0.338 e. The highest BCUT2D eigenvalue weighted by atomic mass is 79.9. The first-order valence-corrected chi connectivity index (χ1v) is 4.26. The molecule has 0 aliphatic carbocycles. The lowest BCUT2D eigenvalue weighted by Crippen LogP contribution is -2.02. The van der Waals surface area contributed by atoms with Gasteiger partial charge in [0.25, 0.3) is 0 Å². The maximum absolute atomic E-state index is 11.1. The number of hydrogen-bond donors (Lipinski definition) is 0. The summed E-state index contributed by atoms with van der Waals surface area (Å²) in [6, 6.07) is 3.07. The molecule has 0 aliphatic heterocycles. The van der Waals surface area contributed by atoms with Crippen molar-refractivity contribution >= 4 is 21.9 Å². The number of carbonyl (C=O) groups excluding carboxylic acids is 1. The van der Waals surface area contributed by atoms with E-state index < -0.39 is 5.97 Å². The van der Waals surface area contributed by atoms with Gasteiger partial charge in [-0.25, -0.2) is 9.78 Å². The van der Waals surface area contributed by atoms with Crippen LogP contribution in [0.5, 0.6) is 5.88 Å². The summed E-state index contributed by atoms with van der Waals surface area (Å²) < 4.78 is 9.96. The predicted octanol–water partition coefficient (Wildman–Crippen LogP) is 1.64. The lowest BCUT2D eigenvalue weighted by Gasteiger charge is -2.02. The lowest BCUT2D eigenvalue weighted by molar-refractivity contribution is 0.0600. The zero-order valence-corrected chi connectivity index (χ0v) is 8.79. The number of pyridine rings is 1. The quantitative estimate of drug-likeness (QED) is 0.587. The Morgan fingerprint density at radius 3 is 2.69 bits per heavy atom. The van der Waals surface area contributed by atoms with Gasteiger partial charge in [-0.15, -0.1) is 0 Å². The van der Waals surface area contributed by atoms with Gasteiger partial charge in [0.15, 0.2) is 0 Å². The summed E-state index contributed by atoms with van der Waals surface area (Å²) in [6.45, 7) is 0. The summed E-state index contributed by atoms with van der Waals surface area (Å²) in [5.41, 5.74) is 0.404. The zero-order chi connectivity index (χ0) is 9.84. The first-order valence-electron chi connectivity index (χ1n) is 3.47. The van der Waals surface area contributed by atoms with Gasteiger partial charge in [0.05, 0.1) is 19.8 Å². The van der Waals surface area contributed by atoms with E-state index in [4.69, 9.17) is 4.74 Å². The molecule has 0 saturated carbocycles. The number of nitrogens with zero attached hydrogens (tertiary/aromatic N) is 1. The zero-order valence-electron chi connectivity index (χ0n) is 7.20. The summed E-state index contributed by atoms with van der Waals surface area (Å²) >= 11 is 3.15. The Morgan fingerprint density at radius 2 is 2.15 bits per heavy atom. The maximum atomic E-state index is 11.1. The number of hydrogen-bond acceptors (Lipinski definition) is 4. The predicted molar refractivity (Wildman–Crippen MR) is 49.8 cm³/mol. The number of carbonyl (C=O) groups is 1. The van der Waals surface area contributed by atoms with Crippen LogP contribution in [0.25, 0.3) is 0 Å². The van der Waals surface area contributed by atoms with Gasteiger partial charge in [-0.3, -0.25) is 0 Å². The van der Waals surface area contributed by atoms with Crippen LogP contribution in [0.15, 0.2) is 16.7 Å². The Balaban J connectivity index is 3.08. The van der Waals surface area contributed by atoms with E-state index in [0.29, 0.717) is 16.0 Å². The second-order valence-electron chi connectivity index (χ2n) is 2.21.